The number of aromatic nitrogens is 1. The van der Waals surface area contributed by atoms with E-state index in [9.17, 15) is 4.79 Å². The number of anilines is 1. The number of methoxy groups -OCH3 is 2. The predicted octanol–water partition coefficient (Wildman–Crippen LogP) is 3.41. The van der Waals surface area contributed by atoms with Crippen LogP contribution in [0, 0.1) is 0 Å². The summed E-state index contributed by atoms with van der Waals surface area (Å²) in [6, 6.07) is 5.13. The number of rotatable bonds is 5. The number of carbonyl (C=O) groups excluding carboxylic acids is 1. The maximum atomic E-state index is 12.1. The largest absolute Gasteiger partial charge is 0.497 e. The molecule has 0 aliphatic carbocycles. The number of nitrogens with two attached hydrogens (primary N) is 1. The van der Waals surface area contributed by atoms with E-state index in [-0.39, 0.29) is 26.6 Å². The summed E-state index contributed by atoms with van der Waals surface area (Å²) in [5.74, 6) is 0.451. The lowest BCUT2D eigenvalue weighted by molar-refractivity contribution is 0.0950. The van der Waals surface area contributed by atoms with Gasteiger partial charge in [0.25, 0.3) is 5.91 Å². The normalized spacial score (nSPS) is 10.8. The smallest absolute Gasteiger partial charge is 0.291 e. The summed E-state index contributed by atoms with van der Waals surface area (Å²) in [6.07, 6.45) is 1.39. The quantitative estimate of drug-likeness (QED) is 0.453. The summed E-state index contributed by atoms with van der Waals surface area (Å²) in [7, 11) is 3.05. The highest BCUT2D eigenvalue weighted by Crippen LogP contribution is 2.34. The first kappa shape index (κ1) is 19.1. The maximum absolute atomic E-state index is 12.1. The monoisotopic (exact) mass is 402 g/mol. The lowest BCUT2D eigenvalue weighted by atomic mass is 10.2. The Kier molecular flexibility index (Phi) is 6.30. The van der Waals surface area contributed by atoms with Crippen molar-refractivity contribution < 1.29 is 14.3 Å². The van der Waals surface area contributed by atoms with E-state index in [0.717, 1.165) is 0 Å². The van der Waals surface area contributed by atoms with Gasteiger partial charge in [0.05, 0.1) is 31.1 Å². The van der Waals surface area contributed by atoms with Gasteiger partial charge in [-0.1, -0.05) is 34.8 Å². The van der Waals surface area contributed by atoms with Crippen molar-refractivity contribution in [3.63, 3.8) is 0 Å². The number of hydrogen-bond donors (Lipinski definition) is 2. The minimum Gasteiger partial charge on any atom is -0.497 e. The van der Waals surface area contributed by atoms with Gasteiger partial charge in [-0.15, -0.1) is 0 Å². The van der Waals surface area contributed by atoms with Crippen LogP contribution in [-0.4, -0.2) is 31.3 Å². The number of ether oxygens (including phenoxy) is 2. The van der Waals surface area contributed by atoms with Gasteiger partial charge in [0.1, 0.15) is 16.5 Å². The Hall–Kier alpha value is -2.22. The molecule has 10 heteroatoms. The molecule has 3 N–H and O–H groups in total. The zero-order valence-corrected chi connectivity index (χ0v) is 15.4. The summed E-state index contributed by atoms with van der Waals surface area (Å²) < 4.78 is 10.3. The van der Waals surface area contributed by atoms with Crippen LogP contribution >= 0.6 is 34.8 Å². The summed E-state index contributed by atoms with van der Waals surface area (Å²) in [5, 5.41) is 3.59. The molecule has 0 atom stereocenters. The molecule has 2 aromatic rings. The van der Waals surface area contributed by atoms with Crippen LogP contribution in [0.5, 0.6) is 11.5 Å². The van der Waals surface area contributed by atoms with E-state index >= 15 is 0 Å². The van der Waals surface area contributed by atoms with Crippen molar-refractivity contribution in [2.24, 2.45) is 5.10 Å². The average Bonchev–Trinajstić information content (AvgIpc) is 2.62. The van der Waals surface area contributed by atoms with Gasteiger partial charge in [-0.05, 0) is 12.1 Å². The highest BCUT2D eigenvalue weighted by Gasteiger charge is 2.19. The lowest BCUT2D eigenvalue weighted by Gasteiger charge is -2.08. The topological polar surface area (TPSA) is 98.8 Å². The zero-order valence-electron chi connectivity index (χ0n) is 13.1. The number of carbonyl (C=O) groups is 1. The van der Waals surface area contributed by atoms with E-state index < -0.39 is 5.91 Å². The molecule has 0 aliphatic rings. The van der Waals surface area contributed by atoms with Gasteiger partial charge in [-0.3, -0.25) is 4.79 Å². The molecule has 0 saturated carbocycles. The number of halogens is 3. The van der Waals surface area contributed by atoms with E-state index in [1.165, 1.54) is 13.3 Å². The van der Waals surface area contributed by atoms with E-state index in [1.54, 1.807) is 25.3 Å². The second-order valence-corrected chi connectivity index (χ2v) is 5.71. The van der Waals surface area contributed by atoms with Gasteiger partial charge < -0.3 is 15.2 Å². The molecule has 0 bridgehead atoms. The fraction of sp³-hybridized carbons (Fsp3) is 0.133. The molecule has 2 rings (SSSR count). The lowest BCUT2D eigenvalue weighted by Crippen LogP contribution is -2.20. The van der Waals surface area contributed by atoms with Crippen LogP contribution in [-0.2, 0) is 0 Å². The predicted molar refractivity (Wildman–Crippen MR) is 98.3 cm³/mol. The van der Waals surface area contributed by atoms with Crippen molar-refractivity contribution in [2.45, 2.75) is 0 Å². The third-order valence-electron chi connectivity index (χ3n) is 3.10. The van der Waals surface area contributed by atoms with Crippen molar-refractivity contribution in [2.75, 3.05) is 20.0 Å². The number of nitrogens with one attached hydrogen (secondary N) is 1. The summed E-state index contributed by atoms with van der Waals surface area (Å²) in [5.41, 5.74) is 8.35. The number of nitrogens with zero attached hydrogens (tertiary/aromatic N) is 2. The number of pyridine rings is 1. The molecule has 132 valence electrons. The minimum atomic E-state index is -0.695. The Labute approximate surface area is 158 Å². The van der Waals surface area contributed by atoms with Gasteiger partial charge in [0, 0.05) is 11.6 Å². The average molecular weight is 404 g/mol. The number of nitrogen functional groups attached to an aromatic ring is 1. The standard InChI is InChI=1S/C15H13Cl3N4O3/c1-24-8-4-3-7(9(5-8)25-2)6-20-22-15(23)13-10(16)12(19)11(17)14(18)21-13/h3-6H,1-2H3,(H2,19,21)(H,22,23). The molecular formula is C15H13Cl3N4O3. The van der Waals surface area contributed by atoms with Crippen molar-refractivity contribution >= 4 is 52.6 Å². The van der Waals surface area contributed by atoms with Crippen molar-refractivity contribution in [3.8, 4) is 11.5 Å². The summed E-state index contributed by atoms with van der Waals surface area (Å²) in [6.45, 7) is 0. The van der Waals surface area contributed by atoms with Crippen LogP contribution in [0.1, 0.15) is 16.1 Å². The van der Waals surface area contributed by atoms with Crippen LogP contribution < -0.4 is 20.6 Å². The summed E-state index contributed by atoms with van der Waals surface area (Å²) >= 11 is 17.6. The molecule has 25 heavy (non-hydrogen) atoms. The summed E-state index contributed by atoms with van der Waals surface area (Å²) in [4.78, 5) is 16.0. The van der Waals surface area contributed by atoms with Crippen LogP contribution in [0.3, 0.4) is 0 Å². The van der Waals surface area contributed by atoms with Gasteiger partial charge >= 0.3 is 0 Å². The van der Waals surface area contributed by atoms with Crippen molar-refractivity contribution in [1.82, 2.24) is 10.4 Å². The molecule has 0 fully saturated rings. The van der Waals surface area contributed by atoms with Gasteiger partial charge in [-0.25, -0.2) is 10.4 Å². The van der Waals surface area contributed by atoms with Crippen molar-refractivity contribution in [1.29, 1.82) is 0 Å². The van der Waals surface area contributed by atoms with E-state index in [0.29, 0.717) is 17.1 Å². The van der Waals surface area contributed by atoms with Gasteiger partial charge in [-0.2, -0.15) is 5.10 Å². The molecular weight excluding hydrogens is 391 g/mol. The first-order valence-corrected chi connectivity index (χ1v) is 7.87. The first-order valence-electron chi connectivity index (χ1n) is 6.74. The van der Waals surface area contributed by atoms with Gasteiger partial charge in [0.2, 0.25) is 0 Å². The molecule has 7 nitrogen and oxygen atoms in total. The molecule has 0 aliphatic heterocycles. The highest BCUT2D eigenvalue weighted by atomic mass is 35.5. The van der Waals surface area contributed by atoms with E-state index in [4.69, 9.17) is 50.0 Å². The Morgan fingerprint density at radius 1 is 1.24 bits per heavy atom. The fourth-order valence-electron chi connectivity index (χ4n) is 1.82. The second-order valence-electron chi connectivity index (χ2n) is 4.60. The maximum Gasteiger partial charge on any atom is 0.291 e. The van der Waals surface area contributed by atoms with E-state index in [2.05, 4.69) is 15.5 Å². The molecule has 0 unspecified atom stereocenters. The highest BCUT2D eigenvalue weighted by molar-refractivity contribution is 6.46. The third kappa shape index (κ3) is 4.25. The molecule has 1 amide bonds. The first-order chi connectivity index (χ1) is 11.9. The zero-order chi connectivity index (χ0) is 18.6. The van der Waals surface area contributed by atoms with Crippen LogP contribution in [0.2, 0.25) is 15.2 Å². The second kappa shape index (κ2) is 8.24. The van der Waals surface area contributed by atoms with Crippen LogP contribution in [0.15, 0.2) is 23.3 Å². The molecule has 1 aromatic carbocycles. The third-order valence-corrected chi connectivity index (χ3v) is 4.23. The van der Waals surface area contributed by atoms with Crippen LogP contribution in [0.25, 0.3) is 0 Å². The molecule has 1 aromatic heterocycles. The molecule has 0 radical (unpaired) electrons. The number of hydrazone groups is 1. The Balaban J connectivity index is 2.19. The van der Waals surface area contributed by atoms with Crippen LogP contribution in [0.4, 0.5) is 5.69 Å². The fourth-order valence-corrected chi connectivity index (χ4v) is 2.41. The van der Waals surface area contributed by atoms with Crippen molar-refractivity contribution in [3.05, 3.63) is 44.7 Å². The molecule has 0 saturated heterocycles. The Bertz CT molecular complexity index is 843. The number of amides is 1. The molecule has 1 heterocycles. The minimum absolute atomic E-state index is 0.0188. The number of benzene rings is 1. The van der Waals surface area contributed by atoms with Gasteiger partial charge in [0.15, 0.2) is 10.8 Å². The Morgan fingerprint density at radius 3 is 2.60 bits per heavy atom. The van der Waals surface area contributed by atoms with E-state index in [1.807, 2.05) is 0 Å². The Morgan fingerprint density at radius 2 is 1.96 bits per heavy atom. The molecule has 0 spiro atoms. The SMILES string of the molecule is COc1ccc(C=NNC(=O)c2nc(Cl)c(Cl)c(N)c2Cl)c(OC)c1. The number of hydrogen-bond acceptors (Lipinski definition) is 6.